The van der Waals surface area contributed by atoms with Crippen molar-refractivity contribution in [1.82, 2.24) is 29.0 Å². The summed E-state index contributed by atoms with van der Waals surface area (Å²) in [6, 6.07) is 7.75. The second-order valence-corrected chi connectivity index (χ2v) is 9.86. The van der Waals surface area contributed by atoms with Crippen molar-refractivity contribution in [3.05, 3.63) is 69.0 Å². The SMILES string of the molecule is CCOC(=O)N1CCN(C(=O)Cc2csc3nc(C)c(-c4cc(C)n(-c5ccc(F)cc5)n4)c(=O)n23)CC1. The van der Waals surface area contributed by atoms with Gasteiger partial charge in [-0.1, -0.05) is 0 Å². The number of carbonyl (C=O) groups is 2. The first-order valence-corrected chi connectivity index (χ1v) is 13.2. The van der Waals surface area contributed by atoms with E-state index in [-0.39, 0.29) is 29.8 Å². The van der Waals surface area contributed by atoms with Gasteiger partial charge in [0.1, 0.15) is 11.5 Å². The van der Waals surface area contributed by atoms with Crippen LogP contribution in [0.5, 0.6) is 0 Å². The molecule has 0 atom stereocenters. The van der Waals surface area contributed by atoms with Crippen LogP contribution in [0.15, 0.2) is 40.5 Å². The first kappa shape index (κ1) is 25.6. The average Bonchev–Trinajstić information content (AvgIpc) is 3.47. The van der Waals surface area contributed by atoms with Gasteiger partial charge in [0.05, 0.1) is 30.0 Å². The van der Waals surface area contributed by atoms with E-state index < -0.39 is 0 Å². The zero-order chi connectivity index (χ0) is 27.0. The van der Waals surface area contributed by atoms with Crippen molar-refractivity contribution in [3.8, 4) is 16.9 Å². The predicted molar refractivity (Wildman–Crippen MR) is 140 cm³/mol. The van der Waals surface area contributed by atoms with Crippen LogP contribution < -0.4 is 5.56 Å². The largest absolute Gasteiger partial charge is 0.450 e. The second-order valence-electron chi connectivity index (χ2n) is 9.03. The number of carbonyl (C=O) groups excluding carboxylic acids is 2. The summed E-state index contributed by atoms with van der Waals surface area (Å²) in [6.45, 7) is 7.27. The lowest BCUT2D eigenvalue weighted by molar-refractivity contribution is -0.132. The maximum Gasteiger partial charge on any atom is 0.409 e. The predicted octanol–water partition coefficient (Wildman–Crippen LogP) is 3.21. The van der Waals surface area contributed by atoms with E-state index in [2.05, 4.69) is 10.1 Å². The number of rotatable bonds is 5. The molecule has 10 nitrogen and oxygen atoms in total. The number of fused-ring (bicyclic) bond motifs is 1. The molecule has 1 aliphatic heterocycles. The monoisotopic (exact) mass is 538 g/mol. The third-order valence-corrected chi connectivity index (χ3v) is 7.40. The van der Waals surface area contributed by atoms with E-state index in [0.29, 0.717) is 66.1 Å². The summed E-state index contributed by atoms with van der Waals surface area (Å²) in [4.78, 5) is 47.2. The Bertz CT molecular complexity index is 1570. The third kappa shape index (κ3) is 4.78. The summed E-state index contributed by atoms with van der Waals surface area (Å²) >= 11 is 1.30. The van der Waals surface area contributed by atoms with Gasteiger partial charge in [-0.05, 0) is 51.1 Å². The highest BCUT2D eigenvalue weighted by Crippen LogP contribution is 2.24. The number of hydrogen-bond acceptors (Lipinski definition) is 7. The third-order valence-electron chi connectivity index (χ3n) is 6.53. The van der Waals surface area contributed by atoms with Gasteiger partial charge >= 0.3 is 6.09 Å². The molecule has 2 amide bonds. The molecule has 0 spiro atoms. The van der Waals surface area contributed by atoms with E-state index in [1.807, 2.05) is 6.92 Å². The van der Waals surface area contributed by atoms with E-state index in [0.717, 1.165) is 5.69 Å². The molecule has 5 rings (SSSR count). The number of nitrogens with zero attached hydrogens (tertiary/aromatic N) is 6. The summed E-state index contributed by atoms with van der Waals surface area (Å²) in [5.41, 5.74) is 3.04. The number of halogens is 1. The lowest BCUT2D eigenvalue weighted by Crippen LogP contribution is -2.51. The molecule has 12 heteroatoms. The fourth-order valence-electron chi connectivity index (χ4n) is 4.58. The molecule has 1 aromatic carbocycles. The molecule has 0 saturated carbocycles. The Hall–Kier alpha value is -4.06. The molecule has 1 fully saturated rings. The van der Waals surface area contributed by atoms with Crippen molar-refractivity contribution in [2.45, 2.75) is 27.2 Å². The molecular formula is C26H27FN6O4S. The Balaban J connectivity index is 1.41. The maximum atomic E-state index is 13.7. The van der Waals surface area contributed by atoms with Crippen LogP contribution in [0.1, 0.15) is 24.0 Å². The molecule has 0 aliphatic carbocycles. The summed E-state index contributed by atoms with van der Waals surface area (Å²) in [6.07, 6.45) is -0.340. The van der Waals surface area contributed by atoms with Crippen LogP contribution in [0, 0.1) is 19.7 Å². The molecule has 3 aromatic heterocycles. The van der Waals surface area contributed by atoms with E-state index in [1.54, 1.807) is 51.9 Å². The van der Waals surface area contributed by atoms with Crippen LogP contribution in [0.2, 0.25) is 0 Å². The Labute approximate surface area is 221 Å². The minimum Gasteiger partial charge on any atom is -0.450 e. The minimum atomic E-state index is -0.374. The van der Waals surface area contributed by atoms with Gasteiger partial charge in [0.15, 0.2) is 4.96 Å². The van der Waals surface area contributed by atoms with E-state index in [9.17, 15) is 18.8 Å². The molecule has 0 radical (unpaired) electrons. The number of aryl methyl sites for hydroxylation is 2. The van der Waals surface area contributed by atoms with E-state index in [1.165, 1.54) is 27.9 Å². The highest BCUT2D eigenvalue weighted by atomic mass is 32.1. The normalized spacial score (nSPS) is 13.8. The van der Waals surface area contributed by atoms with E-state index >= 15 is 0 Å². The molecule has 198 valence electrons. The summed E-state index contributed by atoms with van der Waals surface area (Å²) < 4.78 is 21.6. The van der Waals surface area contributed by atoms with Gasteiger partial charge in [0, 0.05) is 42.9 Å². The van der Waals surface area contributed by atoms with Crippen molar-refractivity contribution in [2.24, 2.45) is 0 Å². The molecule has 38 heavy (non-hydrogen) atoms. The average molecular weight is 539 g/mol. The highest BCUT2D eigenvalue weighted by molar-refractivity contribution is 7.15. The van der Waals surface area contributed by atoms with Crippen LogP contribution in [-0.4, -0.2) is 73.8 Å². The Kier molecular flexibility index (Phi) is 6.98. The standard InChI is InChI=1S/C26H27FN6O4S/c1-4-37-26(36)31-11-9-30(10-12-31)22(34)14-20-15-38-25-28-17(3)23(24(35)32(20)25)21-13-16(2)33(29-21)19-7-5-18(27)6-8-19/h5-8,13,15H,4,9-12,14H2,1-3H3. The molecule has 0 bridgehead atoms. The van der Waals surface area contributed by atoms with Gasteiger partial charge in [-0.2, -0.15) is 5.10 Å². The molecule has 1 saturated heterocycles. The van der Waals surface area contributed by atoms with Crippen molar-refractivity contribution < 1.29 is 18.7 Å². The molecule has 4 aromatic rings. The number of thiazole rings is 1. The fourth-order valence-corrected chi connectivity index (χ4v) is 5.51. The first-order valence-electron chi connectivity index (χ1n) is 12.3. The Morgan fingerprint density at radius 3 is 2.45 bits per heavy atom. The van der Waals surface area contributed by atoms with Gasteiger partial charge in [-0.15, -0.1) is 11.3 Å². The fraction of sp³-hybridized carbons (Fsp3) is 0.346. The summed E-state index contributed by atoms with van der Waals surface area (Å²) in [7, 11) is 0. The van der Waals surface area contributed by atoms with Gasteiger partial charge in [0.25, 0.3) is 5.56 Å². The van der Waals surface area contributed by atoms with Gasteiger partial charge < -0.3 is 14.5 Å². The second kappa shape index (κ2) is 10.4. The van der Waals surface area contributed by atoms with E-state index in [4.69, 9.17) is 4.74 Å². The molecule has 0 unspecified atom stereocenters. The van der Waals surface area contributed by atoms with Gasteiger partial charge in [-0.25, -0.2) is 18.9 Å². The molecule has 1 aliphatic rings. The van der Waals surface area contributed by atoms with Gasteiger partial charge in [0.2, 0.25) is 5.91 Å². The number of amides is 2. The summed E-state index contributed by atoms with van der Waals surface area (Å²) in [5, 5.41) is 6.40. The van der Waals surface area contributed by atoms with Crippen molar-refractivity contribution >= 4 is 28.3 Å². The Morgan fingerprint density at radius 2 is 1.76 bits per heavy atom. The molecule has 4 heterocycles. The number of ether oxygens (including phenoxy) is 1. The number of hydrogen-bond donors (Lipinski definition) is 0. The highest BCUT2D eigenvalue weighted by Gasteiger charge is 2.26. The van der Waals surface area contributed by atoms with Crippen molar-refractivity contribution in [2.75, 3.05) is 32.8 Å². The van der Waals surface area contributed by atoms with Crippen molar-refractivity contribution in [1.29, 1.82) is 0 Å². The number of piperazine rings is 1. The zero-order valence-electron chi connectivity index (χ0n) is 21.3. The summed E-state index contributed by atoms with van der Waals surface area (Å²) in [5.74, 6) is -0.471. The van der Waals surface area contributed by atoms with Crippen LogP contribution >= 0.6 is 11.3 Å². The zero-order valence-corrected chi connectivity index (χ0v) is 22.1. The topological polar surface area (TPSA) is 102 Å². The van der Waals surface area contributed by atoms with Crippen LogP contribution in [0.25, 0.3) is 21.9 Å². The van der Waals surface area contributed by atoms with Crippen LogP contribution in [0.4, 0.5) is 9.18 Å². The smallest absolute Gasteiger partial charge is 0.409 e. The first-order chi connectivity index (χ1) is 18.3. The van der Waals surface area contributed by atoms with Gasteiger partial charge in [-0.3, -0.25) is 14.0 Å². The minimum absolute atomic E-state index is 0.0343. The lowest BCUT2D eigenvalue weighted by atomic mass is 10.1. The molecular weight excluding hydrogens is 511 g/mol. The Morgan fingerprint density at radius 1 is 1.08 bits per heavy atom. The maximum absolute atomic E-state index is 13.7. The lowest BCUT2D eigenvalue weighted by Gasteiger charge is -2.34. The van der Waals surface area contributed by atoms with Crippen LogP contribution in [-0.2, 0) is 16.0 Å². The number of aromatic nitrogens is 4. The van der Waals surface area contributed by atoms with Crippen LogP contribution in [0.3, 0.4) is 0 Å². The molecule has 0 N–H and O–H groups in total. The quantitative estimate of drug-likeness (QED) is 0.387. The number of benzene rings is 1. The van der Waals surface area contributed by atoms with Crippen molar-refractivity contribution in [3.63, 3.8) is 0 Å².